The van der Waals surface area contributed by atoms with E-state index in [9.17, 15) is 60.7 Å². The first-order valence-corrected chi connectivity index (χ1v) is 45.1. The number of hydrogen-bond donors (Lipinski definition) is 12. The maximum atomic E-state index is 14.2. The first-order valence-electron chi connectivity index (χ1n) is 38.8. The SMILES string of the molecule is C.CC[C@H]1OC(=O)[C@H](C)[C@@H](O[C@H]2C[C@@](C)(CO)[C@]3(CO3)[C@H](C)O2)[C@H](C)[C@@H](O[C@@H]2O[C@H](C)C[C@H](N(C)C)[C@H]2O)[C@@](C)(O)C[C@@H](C)CN[C@H](C)[C@@H](O)[C@]1(C)O.CC[C@H]1OC(=O)[C@H](C)[C@@H](O[C@H]2C[C@@](C)(CO)[C@]3(CO3)[C@H](C)O2)[C@H](C)[C@@H](O[C@@H]2O[C@H](C)C[C@H](N(C)C)[C@H]2O)[C@@](C)(O)C[C@@H](C)CN[C@H](C)[C@@H](O)[C@]1(C)O.II. The molecule has 0 bridgehead atoms. The number of carbonyl (C=O) groups excluding carboxylic acids is 2. The van der Waals surface area contributed by atoms with Gasteiger partial charge in [0.2, 0.25) is 0 Å². The monoisotopic (exact) mass is 1760 g/mol. The third-order valence-corrected chi connectivity index (χ3v) is 25.4. The minimum absolute atomic E-state index is 0. The Morgan fingerprint density at radius 2 is 0.813 bits per heavy atom. The van der Waals surface area contributed by atoms with Gasteiger partial charge in [0.15, 0.2) is 25.2 Å². The van der Waals surface area contributed by atoms with Crippen LogP contribution in [0.25, 0.3) is 0 Å². The van der Waals surface area contributed by atoms with Crippen molar-refractivity contribution in [3.63, 3.8) is 0 Å². The van der Waals surface area contributed by atoms with Gasteiger partial charge in [-0.05, 0) is 175 Å². The van der Waals surface area contributed by atoms with Crippen LogP contribution in [0, 0.1) is 46.3 Å². The molecule has 0 aliphatic carbocycles. The standard InChI is InChI=1S/2C38H70N2O12.CH4.I2/c2*1-13-27-37(10,46)31(43)24(6)39-17-20(2)15-36(9,45)32(52-34-29(42)26(40(11)12)14-21(3)48-34)22(4)30(23(5)33(44)50-27)51-28-16-35(8,18-41)38(19-47-38)25(7)49-28;;1-2/h2*20-32,34,39,41-43,45-46H,13-19H2,1-12H3;1H4;/t2*20-,21-,22+,23-,24-,25+,26+,27-,28+,29-,30+,31-,32-,34+,35+,36+,37-,38+;;/m11../s1. The number of aliphatic hydroxyl groups is 10. The summed E-state index contributed by atoms with van der Waals surface area (Å²) < 4.78 is 75.9. The number of aliphatic hydroxyl groups excluding tert-OH is 6. The number of hydrogen-bond acceptors (Lipinski definition) is 28. The van der Waals surface area contributed by atoms with Gasteiger partial charge in [-0.1, -0.05) is 62.8 Å². The van der Waals surface area contributed by atoms with Gasteiger partial charge in [-0.3, -0.25) is 9.59 Å². The molecule has 630 valence electrons. The number of halogens is 2. The van der Waals surface area contributed by atoms with Crippen molar-refractivity contribution in [3.8, 4) is 0 Å². The van der Waals surface area contributed by atoms with Crippen LogP contribution >= 0.6 is 37.2 Å². The summed E-state index contributed by atoms with van der Waals surface area (Å²) in [6.07, 6.45) is -13.5. The van der Waals surface area contributed by atoms with Crippen molar-refractivity contribution in [1.82, 2.24) is 20.4 Å². The van der Waals surface area contributed by atoms with E-state index in [1.807, 2.05) is 107 Å². The van der Waals surface area contributed by atoms with Gasteiger partial charge >= 0.3 is 11.9 Å². The molecule has 0 saturated carbocycles. The zero-order valence-electron chi connectivity index (χ0n) is 67.9. The highest BCUT2D eigenvalue weighted by molar-refractivity contribution is 15.0. The summed E-state index contributed by atoms with van der Waals surface area (Å²) in [5, 5.41) is 122. The van der Waals surface area contributed by atoms with Crippen LogP contribution in [0.4, 0.5) is 0 Å². The number of nitrogens with one attached hydrogen (secondary N) is 2. The van der Waals surface area contributed by atoms with Gasteiger partial charge < -0.3 is 128 Å². The van der Waals surface area contributed by atoms with Crippen molar-refractivity contribution in [1.29, 1.82) is 0 Å². The highest BCUT2D eigenvalue weighted by Crippen LogP contribution is 2.56. The minimum atomic E-state index is -1.79. The fourth-order valence-electron chi connectivity index (χ4n) is 18.2. The molecule has 30 heteroatoms. The van der Waals surface area contributed by atoms with Crippen molar-refractivity contribution >= 4 is 49.2 Å². The first kappa shape index (κ1) is 97.0. The lowest BCUT2D eigenvalue weighted by Gasteiger charge is -2.49. The number of nitrogens with zero attached hydrogens (tertiary/aromatic N) is 2. The fourth-order valence-corrected chi connectivity index (χ4v) is 18.2. The zero-order valence-corrected chi connectivity index (χ0v) is 72.2. The first-order chi connectivity index (χ1) is 49.1. The summed E-state index contributed by atoms with van der Waals surface area (Å²) in [4.78, 5) is 32.2. The lowest BCUT2D eigenvalue weighted by molar-refractivity contribution is -0.312. The number of rotatable bonds is 14. The summed E-state index contributed by atoms with van der Waals surface area (Å²) in [5.41, 5.74) is -9.36. The highest BCUT2D eigenvalue weighted by Gasteiger charge is 2.68. The van der Waals surface area contributed by atoms with Crippen molar-refractivity contribution in [2.75, 3.05) is 67.7 Å². The molecule has 8 aliphatic rings. The number of carbonyl (C=O) groups is 2. The Kier molecular flexibility index (Phi) is 35.5. The molecular formula is C77H144I2N4O24. The summed E-state index contributed by atoms with van der Waals surface area (Å²) in [6.45, 7) is 37.1. The molecule has 0 aromatic carbocycles. The smallest absolute Gasteiger partial charge is 0.311 e. The maximum absolute atomic E-state index is 14.2. The van der Waals surface area contributed by atoms with E-state index in [0.29, 0.717) is 39.1 Å². The summed E-state index contributed by atoms with van der Waals surface area (Å²) in [5.74, 6) is -5.10. The normalized spacial score (nSPS) is 50.1. The van der Waals surface area contributed by atoms with Crippen molar-refractivity contribution < 1.29 is 117 Å². The second kappa shape index (κ2) is 39.1. The molecule has 0 aromatic heterocycles. The van der Waals surface area contributed by atoms with Crippen LogP contribution in [-0.2, 0) is 66.4 Å². The Balaban J connectivity index is 0.000000372. The maximum Gasteiger partial charge on any atom is 0.311 e. The lowest BCUT2D eigenvalue weighted by atomic mass is 9.70. The molecule has 107 heavy (non-hydrogen) atoms. The van der Waals surface area contributed by atoms with Gasteiger partial charge in [-0.25, -0.2) is 0 Å². The third kappa shape index (κ3) is 21.8. The predicted octanol–water partition coefficient (Wildman–Crippen LogP) is 5.53. The minimum Gasteiger partial charge on any atom is -0.459 e. The van der Waals surface area contributed by atoms with Crippen molar-refractivity contribution in [2.45, 2.75) is 366 Å². The molecule has 8 fully saturated rings. The average molecular weight is 1760 g/mol. The van der Waals surface area contributed by atoms with Gasteiger partial charge in [0.25, 0.3) is 0 Å². The lowest BCUT2D eigenvalue weighted by Crippen LogP contribution is -2.60. The van der Waals surface area contributed by atoms with Crippen molar-refractivity contribution in [2.24, 2.45) is 46.3 Å². The molecule has 0 radical (unpaired) electrons. The Morgan fingerprint density at radius 1 is 0.505 bits per heavy atom. The number of epoxide rings is 2. The number of likely N-dealkylation sites (N-methyl/N-ethyl adjacent to an activating group) is 2. The van der Waals surface area contributed by atoms with E-state index in [2.05, 4.69) is 47.9 Å². The molecule has 0 amide bonds. The van der Waals surface area contributed by atoms with Crippen LogP contribution in [0.2, 0.25) is 0 Å². The molecule has 0 aromatic rings. The number of ether oxygens (including phenoxy) is 12. The summed E-state index contributed by atoms with van der Waals surface area (Å²) >= 11 is 4.24. The molecule has 12 N–H and O–H groups in total. The van der Waals surface area contributed by atoms with Crippen LogP contribution in [0.1, 0.15) is 197 Å². The Hall–Kier alpha value is -0.560. The second-order valence-electron chi connectivity index (χ2n) is 35.1. The number of esters is 2. The van der Waals surface area contributed by atoms with Crippen LogP contribution in [0.3, 0.4) is 0 Å². The van der Waals surface area contributed by atoms with Crippen LogP contribution in [0.15, 0.2) is 0 Å². The molecule has 8 aliphatic heterocycles. The summed E-state index contributed by atoms with van der Waals surface area (Å²) in [6, 6.07) is -1.70. The van der Waals surface area contributed by atoms with Gasteiger partial charge in [-0.15, -0.1) is 0 Å². The van der Waals surface area contributed by atoms with Gasteiger partial charge in [-0.2, -0.15) is 0 Å². The zero-order chi connectivity index (χ0) is 80.3. The van der Waals surface area contributed by atoms with Gasteiger partial charge in [0, 0.05) is 96.9 Å². The average Bonchev–Trinajstić information content (AvgIpc) is 1.57. The molecule has 28 nitrogen and oxygen atoms in total. The Morgan fingerprint density at radius 3 is 1.08 bits per heavy atom. The van der Waals surface area contributed by atoms with Crippen LogP contribution < -0.4 is 10.6 Å². The van der Waals surface area contributed by atoms with Crippen molar-refractivity contribution in [3.05, 3.63) is 0 Å². The largest absolute Gasteiger partial charge is 0.459 e. The van der Waals surface area contributed by atoms with E-state index in [1.165, 1.54) is 13.8 Å². The topological polar surface area (TPSA) is 384 Å². The highest BCUT2D eigenvalue weighted by atomic mass is 128. The number of cyclic esters (lactones) is 2. The van der Waals surface area contributed by atoms with E-state index in [4.69, 9.17) is 56.8 Å². The Labute approximate surface area is 662 Å². The van der Waals surface area contributed by atoms with Crippen LogP contribution in [0.5, 0.6) is 0 Å². The molecule has 8 rings (SSSR count). The molecule has 36 atom stereocenters. The molecule has 8 heterocycles. The summed E-state index contributed by atoms with van der Waals surface area (Å²) in [7, 11) is 7.55. The quantitative estimate of drug-likeness (QED) is 0.0578. The second-order valence-corrected chi connectivity index (χ2v) is 35.1. The van der Waals surface area contributed by atoms with E-state index < -0.39 is 191 Å². The Bertz CT molecular complexity index is 2560. The molecule has 0 unspecified atom stereocenters. The van der Waals surface area contributed by atoms with E-state index in [0.717, 1.165) is 0 Å². The van der Waals surface area contributed by atoms with Gasteiger partial charge in [0.1, 0.15) is 59.0 Å². The van der Waals surface area contributed by atoms with E-state index in [-0.39, 0.29) is 95.3 Å². The predicted molar refractivity (Wildman–Crippen MR) is 419 cm³/mol. The molecule has 2 spiro atoms. The van der Waals surface area contributed by atoms with E-state index >= 15 is 0 Å². The van der Waals surface area contributed by atoms with Gasteiger partial charge in [0.05, 0.1) is 98.3 Å². The molecule has 8 saturated heterocycles. The van der Waals surface area contributed by atoms with E-state index in [1.54, 1.807) is 55.4 Å². The third-order valence-electron chi connectivity index (χ3n) is 25.4. The fraction of sp³-hybridized carbons (Fsp3) is 0.974. The molecular weight excluding hydrogens is 1620 g/mol. The van der Waals surface area contributed by atoms with Crippen LogP contribution in [-0.4, -0.2) is 309 Å².